The minimum atomic E-state index is -0.0203. The topological polar surface area (TPSA) is 46.9 Å². The molecule has 1 aromatic heterocycles. The second kappa shape index (κ2) is 6.30. The molecule has 4 nitrogen and oxygen atoms in total. The molecule has 1 aromatic rings. The van der Waals surface area contributed by atoms with Crippen LogP contribution in [0.3, 0.4) is 0 Å². The van der Waals surface area contributed by atoms with Crippen molar-refractivity contribution in [2.45, 2.75) is 40.2 Å². The molecule has 0 saturated carbocycles. The largest absolute Gasteiger partial charge is 0.365 e. The average Bonchev–Trinajstić information content (AvgIpc) is 2.23. The van der Waals surface area contributed by atoms with Crippen LogP contribution in [0, 0.1) is 5.92 Å². The first-order valence-corrected chi connectivity index (χ1v) is 5.94. The Morgan fingerprint density at radius 2 is 2.25 bits per heavy atom. The summed E-state index contributed by atoms with van der Waals surface area (Å²) in [5, 5.41) is 3.10. The predicted molar refractivity (Wildman–Crippen MR) is 66.7 cm³/mol. The minimum absolute atomic E-state index is 0.0203. The Balaban J connectivity index is 2.66. The van der Waals surface area contributed by atoms with E-state index in [-0.39, 0.29) is 5.56 Å². The number of nitrogens with one attached hydrogen (secondary N) is 1. The van der Waals surface area contributed by atoms with Gasteiger partial charge in [0.1, 0.15) is 0 Å². The fraction of sp³-hybridized carbons (Fsp3) is 0.667. The molecule has 1 rings (SSSR count). The molecular formula is C12H21N3O. The van der Waals surface area contributed by atoms with Crippen LogP contribution in [0.5, 0.6) is 0 Å². The smallest absolute Gasteiger partial charge is 0.293 e. The van der Waals surface area contributed by atoms with Gasteiger partial charge in [0.25, 0.3) is 5.56 Å². The summed E-state index contributed by atoms with van der Waals surface area (Å²) < 4.78 is 1.70. The Morgan fingerprint density at radius 1 is 1.50 bits per heavy atom. The molecule has 0 atom stereocenters. The summed E-state index contributed by atoms with van der Waals surface area (Å²) in [6.45, 7) is 7.93. The fourth-order valence-corrected chi connectivity index (χ4v) is 1.46. The maximum absolute atomic E-state index is 11.9. The first-order chi connectivity index (χ1) is 7.65. The summed E-state index contributed by atoms with van der Waals surface area (Å²) in [6, 6.07) is 0. The number of nitrogens with zero attached hydrogens (tertiary/aromatic N) is 2. The summed E-state index contributed by atoms with van der Waals surface area (Å²) in [4.78, 5) is 15.9. The molecular weight excluding hydrogens is 202 g/mol. The van der Waals surface area contributed by atoms with Gasteiger partial charge in [0.05, 0.1) is 0 Å². The number of anilines is 1. The normalized spacial score (nSPS) is 10.8. The molecule has 0 saturated heterocycles. The van der Waals surface area contributed by atoms with E-state index in [1.54, 1.807) is 17.0 Å². The third-order valence-electron chi connectivity index (χ3n) is 2.39. The summed E-state index contributed by atoms with van der Waals surface area (Å²) in [5.74, 6) is 1.10. The van der Waals surface area contributed by atoms with Crippen LogP contribution in [0.25, 0.3) is 0 Å². The summed E-state index contributed by atoms with van der Waals surface area (Å²) in [5.41, 5.74) is -0.0203. The lowest BCUT2D eigenvalue weighted by Gasteiger charge is -2.09. The van der Waals surface area contributed by atoms with Crippen LogP contribution < -0.4 is 10.9 Å². The SMILES string of the molecule is CCCn1ccnc(NCCC(C)C)c1=O. The minimum Gasteiger partial charge on any atom is -0.365 e. The van der Waals surface area contributed by atoms with E-state index in [4.69, 9.17) is 0 Å². The van der Waals surface area contributed by atoms with Gasteiger partial charge in [0, 0.05) is 25.5 Å². The van der Waals surface area contributed by atoms with E-state index < -0.39 is 0 Å². The van der Waals surface area contributed by atoms with Crippen LogP contribution in [0.1, 0.15) is 33.6 Å². The Kier molecular flexibility index (Phi) is 5.02. The van der Waals surface area contributed by atoms with Crippen molar-refractivity contribution in [2.75, 3.05) is 11.9 Å². The van der Waals surface area contributed by atoms with Crippen molar-refractivity contribution in [1.82, 2.24) is 9.55 Å². The molecule has 0 unspecified atom stereocenters. The van der Waals surface area contributed by atoms with E-state index in [2.05, 4.69) is 31.1 Å². The first kappa shape index (κ1) is 12.7. The van der Waals surface area contributed by atoms with E-state index in [9.17, 15) is 4.79 Å². The second-order valence-corrected chi connectivity index (χ2v) is 4.38. The molecule has 0 bridgehead atoms. The summed E-state index contributed by atoms with van der Waals surface area (Å²) in [7, 11) is 0. The van der Waals surface area contributed by atoms with Crippen LogP contribution in [0.15, 0.2) is 17.2 Å². The number of hydrogen-bond donors (Lipinski definition) is 1. The Morgan fingerprint density at radius 3 is 2.88 bits per heavy atom. The van der Waals surface area contributed by atoms with Gasteiger partial charge in [-0.3, -0.25) is 4.79 Å². The number of aryl methyl sites for hydroxylation is 1. The first-order valence-electron chi connectivity index (χ1n) is 5.94. The number of aromatic nitrogens is 2. The third-order valence-corrected chi connectivity index (χ3v) is 2.39. The van der Waals surface area contributed by atoms with E-state index >= 15 is 0 Å². The lowest BCUT2D eigenvalue weighted by atomic mass is 10.1. The van der Waals surface area contributed by atoms with Crippen molar-refractivity contribution >= 4 is 5.82 Å². The molecule has 0 spiro atoms. The quantitative estimate of drug-likeness (QED) is 0.803. The van der Waals surface area contributed by atoms with Crippen molar-refractivity contribution in [2.24, 2.45) is 5.92 Å². The third kappa shape index (κ3) is 3.68. The zero-order valence-electron chi connectivity index (χ0n) is 10.4. The maximum atomic E-state index is 11.9. The Hall–Kier alpha value is -1.32. The highest BCUT2D eigenvalue weighted by molar-refractivity contribution is 5.30. The van der Waals surface area contributed by atoms with Crippen molar-refractivity contribution in [1.29, 1.82) is 0 Å². The molecule has 1 heterocycles. The van der Waals surface area contributed by atoms with Gasteiger partial charge in [-0.25, -0.2) is 4.98 Å². The van der Waals surface area contributed by atoms with Crippen molar-refractivity contribution in [3.63, 3.8) is 0 Å². The van der Waals surface area contributed by atoms with Crippen LogP contribution in [0.2, 0.25) is 0 Å². The number of hydrogen-bond acceptors (Lipinski definition) is 3. The van der Waals surface area contributed by atoms with Crippen molar-refractivity contribution in [3.05, 3.63) is 22.7 Å². The van der Waals surface area contributed by atoms with Gasteiger partial charge >= 0.3 is 0 Å². The molecule has 0 aromatic carbocycles. The highest BCUT2D eigenvalue weighted by Gasteiger charge is 2.03. The standard InChI is InChI=1S/C12H21N3O/c1-4-8-15-9-7-14-11(12(15)16)13-6-5-10(2)3/h7,9-10H,4-6,8H2,1-3H3,(H,13,14). The van der Waals surface area contributed by atoms with E-state index in [1.807, 2.05) is 0 Å². The van der Waals surface area contributed by atoms with Crippen LogP contribution in [-0.2, 0) is 6.54 Å². The fourth-order valence-electron chi connectivity index (χ4n) is 1.46. The van der Waals surface area contributed by atoms with Crippen molar-refractivity contribution < 1.29 is 0 Å². The predicted octanol–water partition coefficient (Wildman–Crippen LogP) is 2.11. The van der Waals surface area contributed by atoms with Gasteiger partial charge in [-0.1, -0.05) is 20.8 Å². The van der Waals surface area contributed by atoms with E-state index in [1.165, 1.54) is 0 Å². The second-order valence-electron chi connectivity index (χ2n) is 4.38. The Labute approximate surface area is 96.7 Å². The van der Waals surface area contributed by atoms with Gasteiger partial charge in [-0.15, -0.1) is 0 Å². The van der Waals surface area contributed by atoms with Crippen LogP contribution >= 0.6 is 0 Å². The number of rotatable bonds is 6. The molecule has 0 aliphatic heterocycles. The van der Waals surface area contributed by atoms with E-state index in [0.717, 1.165) is 25.9 Å². The highest BCUT2D eigenvalue weighted by atomic mass is 16.1. The summed E-state index contributed by atoms with van der Waals surface area (Å²) in [6.07, 6.45) is 5.41. The molecule has 1 N–H and O–H groups in total. The summed E-state index contributed by atoms with van der Waals surface area (Å²) >= 11 is 0. The molecule has 0 amide bonds. The van der Waals surface area contributed by atoms with Gasteiger partial charge in [0.15, 0.2) is 5.82 Å². The monoisotopic (exact) mass is 223 g/mol. The van der Waals surface area contributed by atoms with Crippen LogP contribution in [-0.4, -0.2) is 16.1 Å². The van der Waals surface area contributed by atoms with Crippen LogP contribution in [0.4, 0.5) is 5.82 Å². The van der Waals surface area contributed by atoms with Gasteiger partial charge in [-0.2, -0.15) is 0 Å². The van der Waals surface area contributed by atoms with Gasteiger partial charge in [0.2, 0.25) is 0 Å². The average molecular weight is 223 g/mol. The lowest BCUT2D eigenvalue weighted by Crippen LogP contribution is -2.24. The maximum Gasteiger partial charge on any atom is 0.293 e. The zero-order chi connectivity index (χ0) is 12.0. The molecule has 16 heavy (non-hydrogen) atoms. The van der Waals surface area contributed by atoms with Gasteiger partial charge in [-0.05, 0) is 18.8 Å². The highest BCUT2D eigenvalue weighted by Crippen LogP contribution is 2.00. The molecule has 0 aliphatic carbocycles. The molecule has 0 radical (unpaired) electrons. The van der Waals surface area contributed by atoms with Gasteiger partial charge < -0.3 is 9.88 Å². The lowest BCUT2D eigenvalue weighted by molar-refractivity contribution is 0.604. The Bertz CT molecular complexity index is 371. The molecule has 0 fully saturated rings. The molecule has 90 valence electrons. The van der Waals surface area contributed by atoms with Crippen molar-refractivity contribution in [3.8, 4) is 0 Å². The molecule has 4 heteroatoms. The molecule has 0 aliphatic rings. The zero-order valence-corrected chi connectivity index (χ0v) is 10.4. The van der Waals surface area contributed by atoms with E-state index in [0.29, 0.717) is 11.7 Å².